The third-order valence-electron chi connectivity index (χ3n) is 5.53. The zero-order chi connectivity index (χ0) is 15.5. The molecule has 2 fully saturated rings. The Morgan fingerprint density at radius 1 is 1.19 bits per heavy atom. The first-order valence-electron chi connectivity index (χ1n) is 8.95. The fourth-order valence-corrected chi connectivity index (χ4v) is 4.04. The van der Waals surface area contributed by atoms with Gasteiger partial charge in [0.05, 0.1) is 6.10 Å². The number of rotatable bonds is 5. The standard InChI is InChI=1S/C18H36N2O/c1-15(21)16-7-11-20(12-8-16)14-18(9-5-6-10-18)13-19-17(2,3)4/h15-16,19,21H,5-14H2,1-4H3. The predicted molar refractivity (Wildman–Crippen MR) is 89.5 cm³/mol. The number of nitrogens with one attached hydrogen (secondary N) is 1. The molecule has 3 heteroatoms. The normalized spacial score (nSPS) is 26.1. The summed E-state index contributed by atoms with van der Waals surface area (Å²) in [5, 5.41) is 13.5. The number of nitrogens with zero attached hydrogens (tertiary/aromatic N) is 1. The fraction of sp³-hybridized carbons (Fsp3) is 1.00. The summed E-state index contributed by atoms with van der Waals surface area (Å²) < 4.78 is 0. The van der Waals surface area contributed by atoms with Gasteiger partial charge in [0.25, 0.3) is 0 Å². The van der Waals surface area contributed by atoms with Crippen LogP contribution in [0.2, 0.25) is 0 Å². The predicted octanol–water partition coefficient (Wildman–Crippen LogP) is 3.03. The van der Waals surface area contributed by atoms with Gasteiger partial charge in [0.2, 0.25) is 0 Å². The van der Waals surface area contributed by atoms with Gasteiger partial charge in [0.15, 0.2) is 0 Å². The summed E-state index contributed by atoms with van der Waals surface area (Å²) in [5.74, 6) is 0.522. The van der Waals surface area contributed by atoms with Crippen molar-refractivity contribution in [2.75, 3.05) is 26.2 Å². The maximum Gasteiger partial charge on any atom is 0.0541 e. The molecule has 0 radical (unpaired) electrons. The van der Waals surface area contributed by atoms with Crippen LogP contribution in [0.1, 0.15) is 66.2 Å². The van der Waals surface area contributed by atoms with E-state index < -0.39 is 0 Å². The van der Waals surface area contributed by atoms with E-state index in [0.717, 1.165) is 6.54 Å². The van der Waals surface area contributed by atoms with Gasteiger partial charge in [-0.1, -0.05) is 12.8 Å². The summed E-state index contributed by atoms with van der Waals surface area (Å²) in [6.45, 7) is 13.5. The zero-order valence-electron chi connectivity index (χ0n) is 14.6. The monoisotopic (exact) mass is 296 g/mol. The Balaban J connectivity index is 1.86. The number of aliphatic hydroxyl groups excluding tert-OH is 1. The van der Waals surface area contributed by atoms with Gasteiger partial charge in [0, 0.05) is 18.6 Å². The molecule has 2 rings (SSSR count). The maximum absolute atomic E-state index is 9.74. The summed E-state index contributed by atoms with van der Waals surface area (Å²) in [7, 11) is 0. The largest absolute Gasteiger partial charge is 0.393 e. The first-order valence-corrected chi connectivity index (χ1v) is 8.95. The average molecular weight is 296 g/mol. The van der Waals surface area contributed by atoms with Gasteiger partial charge < -0.3 is 15.3 Å². The maximum atomic E-state index is 9.74. The van der Waals surface area contributed by atoms with Crippen LogP contribution in [0.15, 0.2) is 0 Å². The molecule has 1 heterocycles. The quantitative estimate of drug-likeness (QED) is 0.818. The van der Waals surface area contributed by atoms with Crippen molar-refractivity contribution in [2.24, 2.45) is 11.3 Å². The summed E-state index contributed by atoms with van der Waals surface area (Å²) in [6, 6.07) is 0. The first-order chi connectivity index (χ1) is 9.80. The molecule has 1 saturated carbocycles. The van der Waals surface area contributed by atoms with Gasteiger partial charge in [-0.05, 0) is 77.8 Å². The van der Waals surface area contributed by atoms with Crippen LogP contribution in [-0.2, 0) is 0 Å². The molecular weight excluding hydrogens is 260 g/mol. The molecule has 3 nitrogen and oxygen atoms in total. The fourth-order valence-electron chi connectivity index (χ4n) is 4.04. The molecule has 1 aliphatic carbocycles. The lowest BCUT2D eigenvalue weighted by Crippen LogP contribution is -2.49. The molecule has 2 aliphatic rings. The van der Waals surface area contributed by atoms with Gasteiger partial charge in [-0.15, -0.1) is 0 Å². The molecular formula is C18H36N2O. The van der Waals surface area contributed by atoms with Crippen LogP contribution < -0.4 is 5.32 Å². The average Bonchev–Trinajstić information content (AvgIpc) is 2.85. The molecule has 0 aromatic heterocycles. The molecule has 2 N–H and O–H groups in total. The SMILES string of the molecule is CC(O)C1CCN(CC2(CNC(C)(C)C)CCCC2)CC1. The van der Waals surface area contributed by atoms with Crippen molar-refractivity contribution in [2.45, 2.75) is 77.9 Å². The molecule has 0 spiro atoms. The Kier molecular flexibility index (Phi) is 5.72. The van der Waals surface area contributed by atoms with Crippen LogP contribution in [0.4, 0.5) is 0 Å². The lowest BCUT2D eigenvalue weighted by molar-refractivity contribution is 0.0517. The Labute approximate surface area is 131 Å². The van der Waals surface area contributed by atoms with Crippen molar-refractivity contribution in [3.05, 3.63) is 0 Å². The lowest BCUT2D eigenvalue weighted by Gasteiger charge is -2.41. The van der Waals surface area contributed by atoms with E-state index in [1.807, 2.05) is 6.92 Å². The minimum absolute atomic E-state index is 0.129. The van der Waals surface area contributed by atoms with E-state index in [4.69, 9.17) is 0 Å². The van der Waals surface area contributed by atoms with E-state index in [9.17, 15) is 5.11 Å². The number of hydrogen-bond donors (Lipinski definition) is 2. The second-order valence-corrected chi connectivity index (χ2v) is 8.66. The topological polar surface area (TPSA) is 35.5 Å². The minimum atomic E-state index is -0.129. The molecule has 1 unspecified atom stereocenters. The Morgan fingerprint density at radius 2 is 1.76 bits per heavy atom. The third kappa shape index (κ3) is 5.22. The second kappa shape index (κ2) is 6.97. The van der Waals surface area contributed by atoms with Crippen LogP contribution in [0.3, 0.4) is 0 Å². The summed E-state index contributed by atoms with van der Waals surface area (Å²) >= 11 is 0. The molecule has 0 aromatic carbocycles. The van der Waals surface area contributed by atoms with Crippen LogP contribution in [0, 0.1) is 11.3 Å². The van der Waals surface area contributed by atoms with Crippen molar-refractivity contribution in [1.82, 2.24) is 10.2 Å². The van der Waals surface area contributed by atoms with E-state index >= 15 is 0 Å². The number of aliphatic hydroxyl groups is 1. The van der Waals surface area contributed by atoms with Crippen molar-refractivity contribution in [3.8, 4) is 0 Å². The van der Waals surface area contributed by atoms with Gasteiger partial charge in [0.1, 0.15) is 0 Å². The van der Waals surface area contributed by atoms with E-state index in [1.165, 1.54) is 58.2 Å². The highest BCUT2D eigenvalue weighted by Gasteiger charge is 2.37. The summed E-state index contributed by atoms with van der Waals surface area (Å²) in [5.41, 5.74) is 0.708. The van der Waals surface area contributed by atoms with Gasteiger partial charge >= 0.3 is 0 Å². The Morgan fingerprint density at radius 3 is 2.24 bits per heavy atom. The van der Waals surface area contributed by atoms with Crippen LogP contribution in [0.5, 0.6) is 0 Å². The molecule has 1 saturated heterocycles. The lowest BCUT2D eigenvalue weighted by atomic mass is 9.83. The van der Waals surface area contributed by atoms with Gasteiger partial charge in [-0.2, -0.15) is 0 Å². The molecule has 0 bridgehead atoms. The Hall–Kier alpha value is -0.120. The molecule has 21 heavy (non-hydrogen) atoms. The van der Waals surface area contributed by atoms with E-state index in [2.05, 4.69) is 31.0 Å². The van der Waals surface area contributed by atoms with Gasteiger partial charge in [-0.25, -0.2) is 0 Å². The third-order valence-corrected chi connectivity index (χ3v) is 5.53. The highest BCUT2D eigenvalue weighted by atomic mass is 16.3. The van der Waals surface area contributed by atoms with E-state index in [1.54, 1.807) is 0 Å². The van der Waals surface area contributed by atoms with Crippen molar-refractivity contribution in [3.63, 3.8) is 0 Å². The minimum Gasteiger partial charge on any atom is -0.393 e. The number of piperidine rings is 1. The number of likely N-dealkylation sites (tertiary alicyclic amines) is 1. The molecule has 0 amide bonds. The highest BCUT2D eigenvalue weighted by molar-refractivity contribution is 4.92. The van der Waals surface area contributed by atoms with Crippen molar-refractivity contribution < 1.29 is 5.11 Å². The molecule has 0 aromatic rings. The second-order valence-electron chi connectivity index (χ2n) is 8.66. The summed E-state index contributed by atoms with van der Waals surface area (Å²) in [4.78, 5) is 2.66. The van der Waals surface area contributed by atoms with E-state index in [-0.39, 0.29) is 11.6 Å². The highest BCUT2D eigenvalue weighted by Crippen LogP contribution is 2.39. The zero-order valence-corrected chi connectivity index (χ0v) is 14.6. The van der Waals surface area contributed by atoms with E-state index in [0.29, 0.717) is 11.3 Å². The van der Waals surface area contributed by atoms with Crippen LogP contribution in [0.25, 0.3) is 0 Å². The Bertz CT molecular complexity index is 308. The first kappa shape index (κ1) is 17.2. The summed E-state index contributed by atoms with van der Waals surface area (Å²) in [6.07, 6.45) is 7.76. The van der Waals surface area contributed by atoms with Crippen LogP contribution in [-0.4, -0.2) is 47.8 Å². The molecule has 124 valence electrons. The molecule has 1 aliphatic heterocycles. The van der Waals surface area contributed by atoms with Crippen LogP contribution >= 0.6 is 0 Å². The molecule has 1 atom stereocenters. The van der Waals surface area contributed by atoms with Gasteiger partial charge in [-0.3, -0.25) is 0 Å². The van der Waals surface area contributed by atoms with Crippen molar-refractivity contribution >= 4 is 0 Å². The number of hydrogen-bond acceptors (Lipinski definition) is 3. The van der Waals surface area contributed by atoms with Crippen molar-refractivity contribution in [1.29, 1.82) is 0 Å². The smallest absolute Gasteiger partial charge is 0.0541 e.